The fourth-order valence-corrected chi connectivity index (χ4v) is 3.60. The number of aryl methyl sites for hydroxylation is 1. The molecule has 0 bridgehead atoms. The zero-order chi connectivity index (χ0) is 19.8. The first-order valence-corrected chi connectivity index (χ1v) is 9.29. The van der Waals surface area contributed by atoms with Gasteiger partial charge in [0.15, 0.2) is 5.78 Å². The van der Waals surface area contributed by atoms with Crippen LogP contribution in [-0.4, -0.2) is 10.9 Å². The number of allylic oxidation sites excluding steroid dienone is 2. The Bertz CT molecular complexity index is 931. The first-order valence-electron chi connectivity index (χ1n) is 8.91. The highest BCUT2D eigenvalue weighted by atomic mass is 35.5. The molecule has 2 aromatic carbocycles. The summed E-state index contributed by atoms with van der Waals surface area (Å²) in [6.07, 6.45) is 1.55. The smallest absolute Gasteiger partial charge is 0.167 e. The first kappa shape index (κ1) is 19.4. The van der Waals surface area contributed by atoms with Gasteiger partial charge in [-0.05, 0) is 47.2 Å². The van der Waals surface area contributed by atoms with Gasteiger partial charge in [0.2, 0.25) is 0 Å². The minimum Gasteiger partial charge on any atom is -0.512 e. The monoisotopic (exact) mass is 388 g/mol. The molecule has 2 aromatic rings. The van der Waals surface area contributed by atoms with Crippen LogP contribution in [0.2, 0.25) is 5.02 Å². The molecule has 0 aliphatic heterocycles. The Kier molecular flexibility index (Phi) is 5.29. The summed E-state index contributed by atoms with van der Waals surface area (Å²) >= 11 is 5.81. The van der Waals surface area contributed by atoms with Crippen molar-refractivity contribution < 1.29 is 19.0 Å². The maximum absolute atomic E-state index is 13.3. The van der Waals surface area contributed by atoms with E-state index in [4.69, 9.17) is 16.3 Å². The molecule has 0 radical (unpaired) electrons. The van der Waals surface area contributed by atoms with Gasteiger partial charge in [-0.2, -0.15) is 0 Å². The highest BCUT2D eigenvalue weighted by Gasteiger charge is 2.34. The molecule has 0 fully saturated rings. The molecule has 142 valence electrons. The number of rotatable bonds is 4. The molecule has 0 saturated heterocycles. The van der Waals surface area contributed by atoms with Crippen LogP contribution in [-0.2, 0) is 11.2 Å². The third-order valence-electron chi connectivity index (χ3n) is 4.71. The molecule has 0 saturated carbocycles. The largest absolute Gasteiger partial charge is 0.512 e. The number of Topliss-reactive ketones (excluding diaryl/α,β-unsaturated/α-hetero) is 1. The normalized spacial score (nSPS) is 16.6. The molecule has 0 amide bonds. The van der Waals surface area contributed by atoms with Gasteiger partial charge >= 0.3 is 0 Å². The molecular weight excluding hydrogens is 367 g/mol. The van der Waals surface area contributed by atoms with Gasteiger partial charge in [0.05, 0.1) is 10.6 Å². The van der Waals surface area contributed by atoms with E-state index in [0.717, 1.165) is 5.56 Å². The van der Waals surface area contributed by atoms with Crippen molar-refractivity contribution in [3.8, 4) is 11.5 Å². The van der Waals surface area contributed by atoms with E-state index in [1.807, 2.05) is 26.8 Å². The van der Waals surface area contributed by atoms with E-state index in [0.29, 0.717) is 41.9 Å². The molecule has 5 heteroatoms. The molecule has 1 aliphatic carbocycles. The number of aliphatic hydroxyl groups is 1. The van der Waals surface area contributed by atoms with Crippen molar-refractivity contribution in [2.24, 2.45) is 5.41 Å². The molecule has 3 rings (SSSR count). The summed E-state index contributed by atoms with van der Waals surface area (Å²) < 4.78 is 19.1. The Balaban J connectivity index is 2.01. The van der Waals surface area contributed by atoms with E-state index in [1.54, 1.807) is 12.1 Å². The second-order valence-corrected chi connectivity index (χ2v) is 8.02. The van der Waals surface area contributed by atoms with Gasteiger partial charge in [-0.3, -0.25) is 4.79 Å². The highest BCUT2D eigenvalue weighted by Crippen LogP contribution is 2.41. The van der Waals surface area contributed by atoms with Crippen LogP contribution in [0.25, 0.3) is 5.57 Å². The van der Waals surface area contributed by atoms with E-state index in [2.05, 4.69) is 0 Å². The quantitative estimate of drug-likeness (QED) is 0.650. The topological polar surface area (TPSA) is 46.5 Å². The van der Waals surface area contributed by atoms with Crippen LogP contribution in [0.15, 0.2) is 42.2 Å². The van der Waals surface area contributed by atoms with Crippen molar-refractivity contribution in [1.82, 2.24) is 0 Å². The minimum absolute atomic E-state index is 0.0251. The maximum atomic E-state index is 13.3. The molecule has 1 N–H and O–H groups in total. The molecule has 0 aromatic heterocycles. The molecule has 3 nitrogen and oxygen atoms in total. The predicted molar refractivity (Wildman–Crippen MR) is 105 cm³/mol. The van der Waals surface area contributed by atoms with E-state index in [-0.39, 0.29) is 22.0 Å². The summed E-state index contributed by atoms with van der Waals surface area (Å²) in [5.41, 5.74) is 1.75. The van der Waals surface area contributed by atoms with Gasteiger partial charge in [0.25, 0.3) is 0 Å². The number of hydrogen-bond donors (Lipinski definition) is 1. The SMILES string of the molecule is CCc1ccc(Oc2ccc(F)c(Cl)c2)cc1C1=C(O)CC(C)(C)CC1=O. The Morgan fingerprint density at radius 2 is 1.81 bits per heavy atom. The van der Waals surface area contributed by atoms with Crippen LogP contribution in [0.5, 0.6) is 11.5 Å². The average Bonchev–Trinajstić information content (AvgIpc) is 2.57. The van der Waals surface area contributed by atoms with Crippen LogP contribution in [0.3, 0.4) is 0 Å². The first-order chi connectivity index (χ1) is 12.7. The van der Waals surface area contributed by atoms with Crippen molar-refractivity contribution in [3.63, 3.8) is 0 Å². The summed E-state index contributed by atoms with van der Waals surface area (Å²) in [5.74, 6) is 0.415. The molecular formula is C22H22ClFO3. The van der Waals surface area contributed by atoms with E-state index >= 15 is 0 Å². The third kappa shape index (κ3) is 4.16. The van der Waals surface area contributed by atoms with Crippen molar-refractivity contribution in [2.75, 3.05) is 0 Å². The van der Waals surface area contributed by atoms with Crippen molar-refractivity contribution in [3.05, 3.63) is 64.1 Å². The van der Waals surface area contributed by atoms with Crippen molar-refractivity contribution >= 4 is 23.0 Å². The lowest BCUT2D eigenvalue weighted by atomic mass is 9.74. The molecule has 0 atom stereocenters. The summed E-state index contributed by atoms with van der Waals surface area (Å²) in [6.45, 7) is 5.93. The van der Waals surface area contributed by atoms with Gasteiger partial charge in [0.1, 0.15) is 23.1 Å². The van der Waals surface area contributed by atoms with Gasteiger partial charge in [-0.1, -0.05) is 38.4 Å². The number of ketones is 1. The Morgan fingerprint density at radius 3 is 2.44 bits per heavy atom. The Hall–Kier alpha value is -2.33. The lowest BCUT2D eigenvalue weighted by Gasteiger charge is -2.30. The second kappa shape index (κ2) is 7.35. The molecule has 0 unspecified atom stereocenters. The third-order valence-corrected chi connectivity index (χ3v) is 5.00. The van der Waals surface area contributed by atoms with Crippen molar-refractivity contribution in [2.45, 2.75) is 40.0 Å². The maximum Gasteiger partial charge on any atom is 0.167 e. The van der Waals surface area contributed by atoms with Crippen LogP contribution < -0.4 is 4.74 Å². The number of ether oxygens (including phenoxy) is 1. The summed E-state index contributed by atoms with van der Waals surface area (Å²) in [4.78, 5) is 12.7. The molecule has 0 spiro atoms. The number of carbonyl (C=O) groups excluding carboxylic acids is 1. The van der Waals surface area contributed by atoms with Crippen molar-refractivity contribution in [1.29, 1.82) is 0 Å². The number of aliphatic hydroxyl groups excluding tert-OH is 1. The fraction of sp³-hybridized carbons (Fsp3) is 0.318. The lowest BCUT2D eigenvalue weighted by Crippen LogP contribution is -2.25. The van der Waals surface area contributed by atoms with Gasteiger partial charge in [-0.15, -0.1) is 0 Å². The van der Waals surface area contributed by atoms with E-state index < -0.39 is 5.82 Å². The van der Waals surface area contributed by atoms with Crippen LogP contribution in [0, 0.1) is 11.2 Å². The van der Waals surface area contributed by atoms with E-state index in [9.17, 15) is 14.3 Å². The molecule has 1 aliphatic rings. The number of halogens is 2. The molecule has 0 heterocycles. The lowest BCUT2D eigenvalue weighted by molar-refractivity contribution is -0.116. The standard InChI is InChI=1S/C22H22ClFO3/c1-4-13-5-6-14(27-15-7-8-18(24)17(23)10-15)9-16(13)21-19(25)11-22(2,3)12-20(21)26/h5-10,25H,4,11-12H2,1-3H3. The van der Waals surface area contributed by atoms with Gasteiger partial charge in [-0.25, -0.2) is 4.39 Å². The van der Waals surface area contributed by atoms with E-state index in [1.165, 1.54) is 18.2 Å². The second-order valence-electron chi connectivity index (χ2n) is 7.61. The number of benzene rings is 2. The Morgan fingerprint density at radius 1 is 1.15 bits per heavy atom. The van der Waals surface area contributed by atoms with Gasteiger partial charge in [0, 0.05) is 18.9 Å². The average molecular weight is 389 g/mol. The predicted octanol–water partition coefficient (Wildman–Crippen LogP) is 6.49. The zero-order valence-corrected chi connectivity index (χ0v) is 16.4. The number of carbonyl (C=O) groups is 1. The van der Waals surface area contributed by atoms with Gasteiger partial charge < -0.3 is 9.84 Å². The highest BCUT2D eigenvalue weighted by molar-refractivity contribution is 6.30. The Labute approximate surface area is 163 Å². The summed E-state index contributed by atoms with van der Waals surface area (Å²) in [6, 6.07) is 9.53. The summed E-state index contributed by atoms with van der Waals surface area (Å²) in [7, 11) is 0. The fourth-order valence-electron chi connectivity index (χ4n) is 3.43. The van der Waals surface area contributed by atoms with Crippen LogP contribution in [0.4, 0.5) is 4.39 Å². The zero-order valence-electron chi connectivity index (χ0n) is 15.6. The van der Waals surface area contributed by atoms with Crippen LogP contribution in [0.1, 0.15) is 44.7 Å². The number of hydrogen-bond acceptors (Lipinski definition) is 3. The molecule has 27 heavy (non-hydrogen) atoms. The minimum atomic E-state index is -0.517. The van der Waals surface area contributed by atoms with Crippen LogP contribution >= 0.6 is 11.6 Å². The summed E-state index contributed by atoms with van der Waals surface area (Å²) in [5, 5.41) is 10.5.